The van der Waals surface area contributed by atoms with E-state index in [4.69, 9.17) is 4.74 Å². The fraction of sp³-hybridized carbons (Fsp3) is 0.500. The summed E-state index contributed by atoms with van der Waals surface area (Å²) in [4.78, 5) is 39.4. The molecular weight excluding hydrogens is 308 g/mol. The molecule has 2 fully saturated rings. The normalized spacial score (nSPS) is 32.2. The average molecular weight is 331 g/mol. The minimum absolute atomic E-state index is 0.190. The van der Waals surface area contributed by atoms with Gasteiger partial charge in [-0.05, 0) is 19.4 Å². The van der Waals surface area contributed by atoms with Crippen LogP contribution in [0, 0.1) is 18.8 Å². The van der Waals surface area contributed by atoms with Gasteiger partial charge in [0.15, 0.2) is 0 Å². The van der Waals surface area contributed by atoms with Crippen molar-refractivity contribution in [1.82, 2.24) is 4.90 Å². The molecule has 128 valence electrons. The predicted octanol–water partition coefficient (Wildman–Crippen LogP) is 0.166. The average Bonchev–Trinajstić information content (AvgIpc) is 3.02. The number of fused-ring (bicyclic) bond motifs is 1. The minimum Gasteiger partial charge on any atom is -0.464 e. The summed E-state index contributed by atoms with van der Waals surface area (Å²) in [6.07, 6.45) is 0. The van der Waals surface area contributed by atoms with Crippen LogP contribution < -0.4 is 5.32 Å². The number of nitrogens with two attached hydrogens (primary N) is 1. The highest BCUT2D eigenvalue weighted by Gasteiger charge is 2.70. The lowest BCUT2D eigenvalue weighted by Gasteiger charge is -2.25. The molecule has 2 heterocycles. The van der Waals surface area contributed by atoms with Crippen molar-refractivity contribution in [2.24, 2.45) is 11.8 Å². The molecule has 24 heavy (non-hydrogen) atoms. The lowest BCUT2D eigenvalue weighted by Crippen LogP contribution is -2.97. The van der Waals surface area contributed by atoms with E-state index in [1.165, 1.54) is 12.0 Å². The second-order valence-corrected chi connectivity index (χ2v) is 6.75. The van der Waals surface area contributed by atoms with Crippen LogP contribution in [0.15, 0.2) is 24.3 Å². The standard InChI is InChI=1S/C18H22N2O4/c1-5-20-15(21)12-13(16(20)22)18(3,17(23)24-4)19-14(12)11-9-7-6-8-10(11)2/h6-9,12-14,19H,5H2,1-4H3/p+1/t12-,13+,14+,18-/m1/s1. The maximum absolute atomic E-state index is 12.9. The van der Waals surface area contributed by atoms with E-state index in [-0.39, 0.29) is 17.9 Å². The van der Waals surface area contributed by atoms with Gasteiger partial charge in [-0.1, -0.05) is 24.3 Å². The van der Waals surface area contributed by atoms with Gasteiger partial charge in [0.25, 0.3) is 0 Å². The van der Waals surface area contributed by atoms with Gasteiger partial charge in [0.1, 0.15) is 17.9 Å². The van der Waals surface area contributed by atoms with Gasteiger partial charge in [0.05, 0.1) is 7.11 Å². The molecule has 0 spiro atoms. The van der Waals surface area contributed by atoms with E-state index in [0.717, 1.165) is 11.1 Å². The summed E-state index contributed by atoms with van der Waals surface area (Å²) < 4.78 is 4.96. The molecule has 0 bridgehead atoms. The van der Waals surface area contributed by atoms with Gasteiger partial charge < -0.3 is 10.1 Å². The van der Waals surface area contributed by atoms with E-state index in [0.29, 0.717) is 6.54 Å². The smallest absolute Gasteiger partial charge is 0.368 e. The summed E-state index contributed by atoms with van der Waals surface area (Å²) in [5.74, 6) is -2.16. The van der Waals surface area contributed by atoms with Gasteiger partial charge in [-0.2, -0.15) is 0 Å². The zero-order valence-electron chi connectivity index (χ0n) is 14.4. The molecule has 4 atom stereocenters. The molecule has 0 radical (unpaired) electrons. The first-order valence-electron chi connectivity index (χ1n) is 8.22. The van der Waals surface area contributed by atoms with Crippen LogP contribution in [-0.2, 0) is 19.1 Å². The topological polar surface area (TPSA) is 80.3 Å². The first kappa shape index (κ1) is 16.6. The first-order chi connectivity index (χ1) is 11.4. The Morgan fingerprint density at radius 2 is 1.96 bits per heavy atom. The van der Waals surface area contributed by atoms with Crippen LogP contribution in [0.1, 0.15) is 31.0 Å². The van der Waals surface area contributed by atoms with Gasteiger partial charge in [0.2, 0.25) is 17.4 Å². The Morgan fingerprint density at radius 3 is 2.54 bits per heavy atom. The third kappa shape index (κ3) is 2.09. The number of hydrogen-bond donors (Lipinski definition) is 1. The van der Waals surface area contributed by atoms with Gasteiger partial charge in [0, 0.05) is 19.0 Å². The highest BCUT2D eigenvalue weighted by molar-refractivity contribution is 6.08. The molecule has 0 aliphatic carbocycles. The van der Waals surface area contributed by atoms with Crippen LogP contribution in [0.3, 0.4) is 0 Å². The lowest BCUT2D eigenvalue weighted by atomic mass is 9.80. The third-order valence-electron chi connectivity index (χ3n) is 5.49. The number of likely N-dealkylation sites (tertiary alicyclic amines) is 1. The number of benzene rings is 1. The van der Waals surface area contributed by atoms with E-state index < -0.39 is 23.3 Å². The number of methoxy groups -OCH3 is 1. The largest absolute Gasteiger partial charge is 0.464 e. The minimum atomic E-state index is -1.09. The van der Waals surface area contributed by atoms with Gasteiger partial charge in [-0.25, -0.2) is 4.79 Å². The maximum Gasteiger partial charge on any atom is 0.368 e. The molecule has 2 aliphatic heterocycles. The molecule has 2 amide bonds. The van der Waals surface area contributed by atoms with E-state index in [2.05, 4.69) is 0 Å². The molecule has 0 aromatic heterocycles. The number of esters is 1. The number of hydrogen-bond acceptors (Lipinski definition) is 4. The van der Waals surface area contributed by atoms with Crippen molar-refractivity contribution >= 4 is 17.8 Å². The van der Waals surface area contributed by atoms with Crippen molar-refractivity contribution in [3.05, 3.63) is 35.4 Å². The molecule has 0 unspecified atom stereocenters. The van der Waals surface area contributed by atoms with E-state index in [1.54, 1.807) is 13.8 Å². The van der Waals surface area contributed by atoms with E-state index in [1.807, 2.05) is 36.5 Å². The summed E-state index contributed by atoms with van der Waals surface area (Å²) in [5.41, 5.74) is 0.935. The summed E-state index contributed by atoms with van der Waals surface area (Å²) in [6, 6.07) is 7.52. The summed E-state index contributed by atoms with van der Waals surface area (Å²) in [6.45, 7) is 5.78. The highest BCUT2D eigenvalue weighted by Crippen LogP contribution is 2.44. The maximum atomic E-state index is 12.9. The Labute approximate surface area is 141 Å². The molecule has 3 rings (SSSR count). The summed E-state index contributed by atoms with van der Waals surface area (Å²) in [5, 5.41) is 1.85. The molecule has 2 aliphatic rings. The van der Waals surface area contributed by atoms with Crippen LogP contribution >= 0.6 is 0 Å². The van der Waals surface area contributed by atoms with Crippen LogP contribution in [0.5, 0.6) is 0 Å². The van der Waals surface area contributed by atoms with Gasteiger partial charge in [-0.3, -0.25) is 14.5 Å². The van der Waals surface area contributed by atoms with Gasteiger partial charge in [-0.15, -0.1) is 0 Å². The van der Waals surface area contributed by atoms with Crippen molar-refractivity contribution in [3.63, 3.8) is 0 Å². The van der Waals surface area contributed by atoms with Crippen molar-refractivity contribution in [3.8, 4) is 0 Å². The fourth-order valence-electron chi connectivity index (χ4n) is 4.29. The zero-order chi connectivity index (χ0) is 17.6. The monoisotopic (exact) mass is 331 g/mol. The number of carbonyl (C=O) groups excluding carboxylic acids is 3. The van der Waals surface area contributed by atoms with Crippen molar-refractivity contribution in [2.75, 3.05) is 13.7 Å². The quantitative estimate of drug-likeness (QED) is 0.632. The van der Waals surface area contributed by atoms with Crippen LogP contribution in [0.2, 0.25) is 0 Å². The number of imide groups is 1. The number of nitrogens with zero attached hydrogens (tertiary/aromatic N) is 1. The Balaban J connectivity index is 2.13. The number of carbonyl (C=O) groups is 3. The molecular formula is C18H23N2O4+. The number of amides is 2. The van der Waals surface area contributed by atoms with Crippen molar-refractivity contribution < 1.29 is 24.4 Å². The first-order valence-corrected chi connectivity index (χ1v) is 8.22. The van der Waals surface area contributed by atoms with E-state index in [9.17, 15) is 14.4 Å². The number of ether oxygens (including phenoxy) is 1. The zero-order valence-corrected chi connectivity index (χ0v) is 14.4. The predicted molar refractivity (Wildman–Crippen MR) is 85.6 cm³/mol. The molecule has 1 aromatic rings. The Bertz CT molecular complexity index is 717. The van der Waals surface area contributed by atoms with Gasteiger partial charge >= 0.3 is 5.97 Å². The second kappa shape index (κ2) is 5.70. The number of aryl methyl sites for hydroxylation is 1. The van der Waals surface area contributed by atoms with E-state index >= 15 is 0 Å². The second-order valence-electron chi connectivity index (χ2n) is 6.75. The fourth-order valence-corrected chi connectivity index (χ4v) is 4.29. The Kier molecular flexibility index (Phi) is 3.95. The molecule has 6 nitrogen and oxygen atoms in total. The molecule has 2 N–H and O–H groups in total. The molecule has 2 saturated heterocycles. The SMILES string of the molecule is CCN1C(=O)[C@@H]2[C@@H](C1=O)[C@](C)(C(=O)OC)[NH2+][C@H]2c1ccccc1C. The molecule has 1 aromatic carbocycles. The highest BCUT2D eigenvalue weighted by atomic mass is 16.5. The van der Waals surface area contributed by atoms with Crippen LogP contribution in [-0.4, -0.2) is 41.9 Å². The Hall–Kier alpha value is -2.21. The molecule has 0 saturated carbocycles. The van der Waals surface area contributed by atoms with Crippen molar-refractivity contribution in [1.29, 1.82) is 0 Å². The summed E-state index contributed by atoms with van der Waals surface area (Å²) >= 11 is 0. The summed E-state index contributed by atoms with van der Waals surface area (Å²) in [7, 11) is 1.32. The Morgan fingerprint density at radius 1 is 1.29 bits per heavy atom. The lowest BCUT2D eigenvalue weighted by molar-refractivity contribution is -0.731. The number of rotatable bonds is 3. The van der Waals surface area contributed by atoms with Crippen LogP contribution in [0.4, 0.5) is 0 Å². The van der Waals surface area contributed by atoms with Crippen LogP contribution in [0.25, 0.3) is 0 Å². The van der Waals surface area contributed by atoms with Crippen molar-refractivity contribution in [2.45, 2.75) is 32.4 Å². The molecule has 6 heteroatoms. The third-order valence-corrected chi connectivity index (χ3v) is 5.49. The number of quaternary nitrogens is 1.